The number of amides is 2. The van der Waals surface area contributed by atoms with E-state index in [0.29, 0.717) is 23.9 Å². The van der Waals surface area contributed by atoms with Crippen LogP contribution >= 0.6 is 11.8 Å². The Morgan fingerprint density at radius 2 is 1.94 bits per heavy atom. The van der Waals surface area contributed by atoms with Crippen molar-refractivity contribution in [3.63, 3.8) is 0 Å². The molecule has 0 atom stereocenters. The lowest BCUT2D eigenvalue weighted by Gasteiger charge is -2.29. The number of rotatable bonds is 8. The van der Waals surface area contributed by atoms with Gasteiger partial charge in [-0.25, -0.2) is 4.98 Å². The summed E-state index contributed by atoms with van der Waals surface area (Å²) in [5, 5.41) is 13.1. The number of aliphatic hydroxyl groups excluding tert-OH is 1. The first kappa shape index (κ1) is 23.1. The molecule has 0 saturated carbocycles. The van der Waals surface area contributed by atoms with Gasteiger partial charge in [-0.2, -0.15) is 0 Å². The number of aryl methyl sites for hydroxylation is 2. The van der Waals surface area contributed by atoms with Gasteiger partial charge in [-0.05, 0) is 37.0 Å². The second kappa shape index (κ2) is 10.7. The molecule has 0 fully saturated rings. The summed E-state index contributed by atoms with van der Waals surface area (Å²) in [5.74, 6) is 0.0405. The number of carbonyl (C=O) groups is 2. The summed E-state index contributed by atoms with van der Waals surface area (Å²) >= 11 is 1.29. The lowest BCUT2D eigenvalue weighted by atomic mass is 10.0. The molecule has 0 bridgehead atoms. The molecule has 4 rings (SSSR count). The number of aromatic nitrogens is 2. The molecule has 8 heteroatoms. The van der Waals surface area contributed by atoms with E-state index in [1.807, 2.05) is 54.3 Å². The number of hydrogen-bond acceptors (Lipinski definition) is 5. The molecule has 2 N–H and O–H groups in total. The first-order valence-electron chi connectivity index (χ1n) is 11.0. The Kier molecular flexibility index (Phi) is 7.47. The molecule has 2 aromatic carbocycles. The fraction of sp³-hybridized carbons (Fsp3) is 0.320. The summed E-state index contributed by atoms with van der Waals surface area (Å²) in [5.41, 5.74) is 4.89. The molecule has 1 aliphatic heterocycles. The number of hydrogen-bond donors (Lipinski definition) is 2. The Bertz CT molecular complexity index is 1130. The summed E-state index contributed by atoms with van der Waals surface area (Å²) in [6.45, 7) is 2.95. The second-order valence-corrected chi connectivity index (χ2v) is 9.05. The number of carbonyl (C=O) groups excluding carboxylic acids is 2. The fourth-order valence-electron chi connectivity index (χ4n) is 3.91. The van der Waals surface area contributed by atoms with Crippen LogP contribution in [0.2, 0.25) is 0 Å². The van der Waals surface area contributed by atoms with Crippen molar-refractivity contribution < 1.29 is 14.7 Å². The van der Waals surface area contributed by atoms with Crippen LogP contribution in [0, 0.1) is 6.92 Å². The SMILES string of the molecule is Cc1ccc(CNC(=O)Cn2c(CO)cnc2SCC(=O)N2CCCc3ccccc32)cc1. The van der Waals surface area contributed by atoms with Crippen molar-refractivity contribution in [2.45, 2.75) is 44.6 Å². The van der Waals surface area contributed by atoms with Gasteiger partial charge in [0.2, 0.25) is 11.8 Å². The van der Waals surface area contributed by atoms with Crippen LogP contribution < -0.4 is 10.2 Å². The van der Waals surface area contributed by atoms with E-state index in [9.17, 15) is 14.7 Å². The summed E-state index contributed by atoms with van der Waals surface area (Å²) < 4.78 is 1.67. The van der Waals surface area contributed by atoms with Gasteiger partial charge >= 0.3 is 0 Å². The van der Waals surface area contributed by atoms with Crippen molar-refractivity contribution in [2.24, 2.45) is 0 Å². The molecule has 0 radical (unpaired) electrons. The van der Waals surface area contributed by atoms with Crippen LogP contribution in [-0.2, 0) is 35.7 Å². The number of aliphatic hydroxyl groups is 1. The Hall–Kier alpha value is -3.10. The van der Waals surface area contributed by atoms with Crippen molar-refractivity contribution in [3.05, 3.63) is 77.1 Å². The van der Waals surface area contributed by atoms with Gasteiger partial charge in [-0.15, -0.1) is 0 Å². The molecule has 33 heavy (non-hydrogen) atoms. The number of para-hydroxylation sites is 1. The minimum Gasteiger partial charge on any atom is -0.390 e. The first-order chi connectivity index (χ1) is 16.0. The molecule has 0 unspecified atom stereocenters. The lowest BCUT2D eigenvalue weighted by molar-refractivity contribution is -0.122. The molecule has 2 amide bonds. The topological polar surface area (TPSA) is 87.5 Å². The molecule has 3 aromatic rings. The molecular formula is C25H28N4O3S. The molecule has 0 spiro atoms. The van der Waals surface area contributed by atoms with Crippen molar-refractivity contribution >= 4 is 29.3 Å². The van der Waals surface area contributed by atoms with Crippen LogP contribution in [0.4, 0.5) is 5.69 Å². The van der Waals surface area contributed by atoms with Crippen LogP contribution in [0.1, 0.15) is 28.8 Å². The highest BCUT2D eigenvalue weighted by molar-refractivity contribution is 7.99. The average Bonchev–Trinajstić information content (AvgIpc) is 3.23. The van der Waals surface area contributed by atoms with Crippen LogP contribution in [0.5, 0.6) is 0 Å². The van der Waals surface area contributed by atoms with Crippen LogP contribution in [0.15, 0.2) is 59.9 Å². The predicted molar refractivity (Wildman–Crippen MR) is 129 cm³/mol. The number of nitrogens with one attached hydrogen (secondary N) is 1. The molecule has 1 aromatic heterocycles. The van der Waals surface area contributed by atoms with E-state index in [-0.39, 0.29) is 30.7 Å². The fourth-order valence-corrected chi connectivity index (χ4v) is 4.78. The predicted octanol–water partition coefficient (Wildman–Crippen LogP) is 3.07. The van der Waals surface area contributed by atoms with Crippen molar-refractivity contribution in [1.29, 1.82) is 0 Å². The van der Waals surface area contributed by atoms with Crippen molar-refractivity contribution in [1.82, 2.24) is 14.9 Å². The van der Waals surface area contributed by atoms with Crippen molar-refractivity contribution in [3.8, 4) is 0 Å². The standard InChI is InChI=1S/C25H28N4O3S/c1-18-8-10-19(11-9-18)13-26-23(31)15-29-21(16-30)14-27-25(29)33-17-24(32)28-12-4-6-20-5-2-3-7-22(20)28/h2-3,5,7-11,14,30H,4,6,12-13,15-17H2,1H3,(H,26,31). The zero-order valence-electron chi connectivity index (χ0n) is 18.7. The maximum atomic E-state index is 13.0. The third-order valence-electron chi connectivity index (χ3n) is 5.71. The maximum absolute atomic E-state index is 13.0. The quantitative estimate of drug-likeness (QED) is 0.501. The number of imidazole rings is 1. The molecule has 172 valence electrons. The van der Waals surface area contributed by atoms with E-state index in [0.717, 1.165) is 24.1 Å². The normalized spacial score (nSPS) is 13.0. The Balaban J connectivity index is 1.38. The average molecular weight is 465 g/mol. The van der Waals surface area contributed by atoms with Crippen LogP contribution in [-0.4, -0.2) is 38.8 Å². The van der Waals surface area contributed by atoms with E-state index < -0.39 is 0 Å². The minimum atomic E-state index is -0.230. The van der Waals surface area contributed by atoms with E-state index in [4.69, 9.17) is 0 Å². The van der Waals surface area contributed by atoms with Gasteiger partial charge < -0.3 is 19.9 Å². The van der Waals surface area contributed by atoms with Gasteiger partial charge in [0.1, 0.15) is 6.54 Å². The Labute approximate surface area is 197 Å². The highest BCUT2D eigenvalue weighted by Gasteiger charge is 2.23. The largest absolute Gasteiger partial charge is 0.390 e. The number of nitrogens with zero attached hydrogens (tertiary/aromatic N) is 3. The third kappa shape index (κ3) is 5.64. The van der Waals surface area contributed by atoms with Gasteiger partial charge in [0.05, 0.1) is 24.3 Å². The highest BCUT2D eigenvalue weighted by Crippen LogP contribution is 2.28. The summed E-state index contributed by atoms with van der Waals surface area (Å²) in [6.07, 6.45) is 3.48. The minimum absolute atomic E-state index is 0.0103. The van der Waals surface area contributed by atoms with E-state index in [1.165, 1.54) is 22.9 Å². The van der Waals surface area contributed by atoms with Gasteiger partial charge in [-0.3, -0.25) is 9.59 Å². The monoisotopic (exact) mass is 464 g/mol. The molecule has 0 aliphatic carbocycles. The molecule has 1 aliphatic rings. The van der Waals surface area contributed by atoms with Gasteiger partial charge in [0.25, 0.3) is 0 Å². The number of thioether (sulfide) groups is 1. The highest BCUT2D eigenvalue weighted by atomic mass is 32.2. The zero-order chi connectivity index (χ0) is 23.2. The van der Waals surface area contributed by atoms with E-state index >= 15 is 0 Å². The Morgan fingerprint density at radius 3 is 2.73 bits per heavy atom. The zero-order valence-corrected chi connectivity index (χ0v) is 19.5. The number of anilines is 1. The first-order valence-corrected chi connectivity index (χ1v) is 12.0. The molecule has 7 nitrogen and oxygen atoms in total. The molecular weight excluding hydrogens is 436 g/mol. The van der Waals surface area contributed by atoms with E-state index in [2.05, 4.69) is 16.4 Å². The maximum Gasteiger partial charge on any atom is 0.240 e. The van der Waals surface area contributed by atoms with Crippen LogP contribution in [0.3, 0.4) is 0 Å². The van der Waals surface area contributed by atoms with Gasteiger partial charge in [0, 0.05) is 18.8 Å². The lowest BCUT2D eigenvalue weighted by Crippen LogP contribution is -2.36. The van der Waals surface area contributed by atoms with Crippen molar-refractivity contribution in [2.75, 3.05) is 17.2 Å². The summed E-state index contributed by atoms with van der Waals surface area (Å²) in [7, 11) is 0. The van der Waals surface area contributed by atoms with Crippen LogP contribution in [0.25, 0.3) is 0 Å². The summed E-state index contributed by atoms with van der Waals surface area (Å²) in [6, 6.07) is 16.0. The van der Waals surface area contributed by atoms with Gasteiger partial charge in [-0.1, -0.05) is 59.8 Å². The third-order valence-corrected chi connectivity index (χ3v) is 6.69. The molecule has 0 saturated heterocycles. The number of benzene rings is 2. The van der Waals surface area contributed by atoms with E-state index in [1.54, 1.807) is 10.8 Å². The second-order valence-electron chi connectivity index (χ2n) is 8.11. The van der Waals surface area contributed by atoms with Gasteiger partial charge in [0.15, 0.2) is 5.16 Å². The summed E-state index contributed by atoms with van der Waals surface area (Å²) in [4.78, 5) is 31.7. The smallest absolute Gasteiger partial charge is 0.240 e. The Morgan fingerprint density at radius 1 is 1.15 bits per heavy atom. The molecule has 2 heterocycles. The number of fused-ring (bicyclic) bond motifs is 1.